The first-order chi connectivity index (χ1) is 17.8. The van der Waals surface area contributed by atoms with Gasteiger partial charge in [-0.25, -0.2) is 9.97 Å². The van der Waals surface area contributed by atoms with E-state index in [-0.39, 0.29) is 11.9 Å². The number of thioether (sulfide) groups is 1. The van der Waals surface area contributed by atoms with Crippen LogP contribution in [-0.2, 0) is 5.75 Å². The summed E-state index contributed by atoms with van der Waals surface area (Å²) in [4.78, 5) is 26.4. The van der Waals surface area contributed by atoms with Crippen LogP contribution in [0.25, 0.3) is 0 Å². The Morgan fingerprint density at radius 3 is 2.41 bits per heavy atom. The fourth-order valence-electron chi connectivity index (χ4n) is 4.01. The van der Waals surface area contributed by atoms with E-state index in [0.29, 0.717) is 27.5 Å². The predicted octanol–water partition coefficient (Wildman–Crippen LogP) is 5.53. The average molecular weight is 540 g/mol. The van der Waals surface area contributed by atoms with Crippen LogP contribution in [0.15, 0.2) is 59.8 Å². The molecule has 1 saturated heterocycles. The highest BCUT2D eigenvalue weighted by Gasteiger charge is 2.20. The molecule has 4 rings (SSSR count). The monoisotopic (exact) mass is 539 g/mol. The van der Waals surface area contributed by atoms with E-state index in [0.717, 1.165) is 43.3 Å². The normalized spacial score (nSPS) is 14.5. The number of amides is 1. The van der Waals surface area contributed by atoms with Gasteiger partial charge in [0, 0.05) is 55.3 Å². The lowest BCUT2D eigenvalue weighted by molar-refractivity contribution is 0.0930. The summed E-state index contributed by atoms with van der Waals surface area (Å²) >= 11 is 7.90. The van der Waals surface area contributed by atoms with Crippen molar-refractivity contribution in [3.05, 3.63) is 70.9 Å². The zero-order valence-electron chi connectivity index (χ0n) is 21.8. The van der Waals surface area contributed by atoms with E-state index in [1.165, 1.54) is 17.4 Å². The molecule has 9 heteroatoms. The summed E-state index contributed by atoms with van der Waals surface area (Å²) < 4.78 is 5.27. The molecule has 1 aliphatic rings. The highest BCUT2D eigenvalue weighted by atomic mass is 35.5. The van der Waals surface area contributed by atoms with Crippen LogP contribution in [0.4, 0.5) is 11.5 Å². The number of hydrogen-bond donors (Lipinski definition) is 1. The van der Waals surface area contributed by atoms with E-state index in [1.54, 1.807) is 7.11 Å². The third-order valence-corrected chi connectivity index (χ3v) is 7.73. The number of benzene rings is 2. The first kappa shape index (κ1) is 27.1. The number of nitrogens with one attached hydrogen (secondary N) is 1. The van der Waals surface area contributed by atoms with Gasteiger partial charge in [-0.2, -0.15) is 0 Å². The third-order valence-electron chi connectivity index (χ3n) is 6.62. The minimum Gasteiger partial charge on any atom is -0.497 e. The second kappa shape index (κ2) is 12.5. The fourth-order valence-corrected chi connectivity index (χ4v) is 5.03. The number of rotatable bonds is 9. The summed E-state index contributed by atoms with van der Waals surface area (Å²) in [5.41, 5.74) is 2.88. The molecule has 0 bridgehead atoms. The first-order valence-corrected chi connectivity index (χ1v) is 13.9. The van der Waals surface area contributed by atoms with Gasteiger partial charge in [0.1, 0.15) is 16.7 Å². The van der Waals surface area contributed by atoms with Crippen LogP contribution in [0.5, 0.6) is 5.75 Å². The predicted molar refractivity (Wildman–Crippen MR) is 152 cm³/mol. The van der Waals surface area contributed by atoms with Crippen LogP contribution in [0.1, 0.15) is 36.7 Å². The Hall–Kier alpha value is -2.97. The molecule has 0 saturated carbocycles. The van der Waals surface area contributed by atoms with Gasteiger partial charge in [0.05, 0.1) is 7.11 Å². The zero-order valence-corrected chi connectivity index (χ0v) is 23.4. The van der Waals surface area contributed by atoms with Crippen LogP contribution in [0.2, 0.25) is 5.15 Å². The molecule has 0 aliphatic carbocycles. The maximum atomic E-state index is 12.6. The van der Waals surface area contributed by atoms with E-state index in [9.17, 15) is 4.79 Å². The fraction of sp³-hybridized carbons (Fsp3) is 0.393. The first-order valence-electron chi connectivity index (χ1n) is 12.5. The summed E-state index contributed by atoms with van der Waals surface area (Å²) in [5.74, 6) is 2.67. The summed E-state index contributed by atoms with van der Waals surface area (Å²) in [6.45, 7) is 9.68. The molecule has 2 heterocycles. The molecular formula is C28H34ClN5O2S. The molecule has 37 heavy (non-hydrogen) atoms. The molecule has 0 spiro atoms. The quantitative estimate of drug-likeness (QED) is 0.218. The molecule has 2 aromatic carbocycles. The van der Waals surface area contributed by atoms with Gasteiger partial charge in [-0.05, 0) is 54.8 Å². The van der Waals surface area contributed by atoms with Crippen molar-refractivity contribution in [1.29, 1.82) is 0 Å². The summed E-state index contributed by atoms with van der Waals surface area (Å²) in [7, 11) is 1.68. The summed E-state index contributed by atoms with van der Waals surface area (Å²) in [6.07, 6.45) is 0. The summed E-state index contributed by atoms with van der Waals surface area (Å²) in [6, 6.07) is 17.8. The number of anilines is 2. The van der Waals surface area contributed by atoms with Crippen molar-refractivity contribution in [1.82, 2.24) is 15.3 Å². The summed E-state index contributed by atoms with van der Waals surface area (Å²) in [5, 5.41) is 4.12. The van der Waals surface area contributed by atoms with Crippen molar-refractivity contribution in [3.63, 3.8) is 0 Å². The number of ether oxygens (including phenoxy) is 1. The Labute approximate surface area is 228 Å². The van der Waals surface area contributed by atoms with Crippen LogP contribution in [-0.4, -0.2) is 55.2 Å². The molecule has 196 valence electrons. The van der Waals surface area contributed by atoms with E-state index >= 15 is 0 Å². The molecule has 1 fully saturated rings. The molecule has 0 radical (unpaired) electrons. The van der Waals surface area contributed by atoms with Crippen LogP contribution in [0, 0.1) is 5.92 Å². The highest BCUT2D eigenvalue weighted by Crippen LogP contribution is 2.27. The van der Waals surface area contributed by atoms with Gasteiger partial charge in [-0.15, -0.1) is 0 Å². The van der Waals surface area contributed by atoms with Crippen LogP contribution < -0.4 is 19.9 Å². The van der Waals surface area contributed by atoms with Gasteiger partial charge in [-0.3, -0.25) is 4.79 Å². The number of nitrogens with zero attached hydrogens (tertiary/aromatic N) is 4. The van der Waals surface area contributed by atoms with Gasteiger partial charge in [0.2, 0.25) is 0 Å². The minimum absolute atomic E-state index is 0.0527. The van der Waals surface area contributed by atoms with Crippen molar-refractivity contribution in [2.24, 2.45) is 5.92 Å². The Morgan fingerprint density at radius 2 is 1.73 bits per heavy atom. The minimum atomic E-state index is -0.0527. The van der Waals surface area contributed by atoms with Crippen molar-refractivity contribution in [2.75, 3.05) is 43.1 Å². The Morgan fingerprint density at radius 1 is 1.03 bits per heavy atom. The number of carbonyl (C=O) groups is 1. The molecule has 1 amide bonds. The Bertz CT molecular complexity index is 1200. The van der Waals surface area contributed by atoms with Gasteiger partial charge >= 0.3 is 0 Å². The van der Waals surface area contributed by atoms with Gasteiger partial charge in [0.25, 0.3) is 5.91 Å². The van der Waals surface area contributed by atoms with Crippen molar-refractivity contribution >= 4 is 40.8 Å². The standard InChI is InChI=1S/C28H34ClN5O2S/c1-19(2)20(3)30-27(35)22-7-5-6-21(16-22)18-37-28-31-25(29)17-26(32-28)34-14-12-33(13-15-34)23-8-10-24(36-4)11-9-23/h5-11,16-17,19-20H,12-15,18H2,1-4H3,(H,30,35). The van der Waals surface area contributed by atoms with Crippen LogP contribution in [0.3, 0.4) is 0 Å². The van der Waals surface area contributed by atoms with E-state index in [1.807, 2.05) is 49.4 Å². The van der Waals surface area contributed by atoms with Gasteiger partial charge < -0.3 is 19.9 Å². The molecule has 7 nitrogen and oxygen atoms in total. The lowest BCUT2D eigenvalue weighted by Crippen LogP contribution is -2.46. The van der Waals surface area contributed by atoms with E-state index in [4.69, 9.17) is 21.3 Å². The molecule has 1 atom stereocenters. The number of aromatic nitrogens is 2. The van der Waals surface area contributed by atoms with Crippen molar-refractivity contribution in [3.8, 4) is 5.75 Å². The molecule has 1 aromatic heterocycles. The smallest absolute Gasteiger partial charge is 0.251 e. The highest BCUT2D eigenvalue weighted by molar-refractivity contribution is 7.98. The second-order valence-electron chi connectivity index (χ2n) is 9.50. The topological polar surface area (TPSA) is 70.6 Å². The molecule has 1 N–H and O–H groups in total. The number of methoxy groups -OCH3 is 1. The lowest BCUT2D eigenvalue weighted by Gasteiger charge is -2.36. The number of carbonyl (C=O) groups excluding carboxylic acids is 1. The molecule has 3 aromatic rings. The zero-order chi connectivity index (χ0) is 26.4. The average Bonchev–Trinajstić information content (AvgIpc) is 2.92. The Kier molecular flexibility index (Phi) is 9.16. The largest absolute Gasteiger partial charge is 0.497 e. The van der Waals surface area contributed by atoms with Crippen molar-refractivity contribution in [2.45, 2.75) is 37.7 Å². The lowest BCUT2D eigenvalue weighted by atomic mass is 10.1. The van der Waals surface area contributed by atoms with Crippen LogP contribution >= 0.6 is 23.4 Å². The maximum Gasteiger partial charge on any atom is 0.251 e. The number of hydrogen-bond acceptors (Lipinski definition) is 7. The molecule has 1 unspecified atom stereocenters. The van der Waals surface area contributed by atoms with E-state index in [2.05, 4.69) is 46.1 Å². The third kappa shape index (κ3) is 7.29. The van der Waals surface area contributed by atoms with E-state index < -0.39 is 0 Å². The second-order valence-corrected chi connectivity index (χ2v) is 10.8. The number of piperazine rings is 1. The maximum absolute atomic E-state index is 12.6. The van der Waals surface area contributed by atoms with Crippen molar-refractivity contribution < 1.29 is 9.53 Å². The number of halogens is 1. The Balaban J connectivity index is 1.36. The molecular weight excluding hydrogens is 506 g/mol. The van der Waals surface area contributed by atoms with Gasteiger partial charge in [-0.1, -0.05) is 49.3 Å². The van der Waals surface area contributed by atoms with Gasteiger partial charge in [0.15, 0.2) is 5.16 Å². The molecule has 1 aliphatic heterocycles. The SMILES string of the molecule is COc1ccc(N2CCN(c3cc(Cl)nc(SCc4cccc(C(=O)NC(C)C(C)C)c4)n3)CC2)cc1.